The zero-order chi connectivity index (χ0) is 18.4. The van der Waals surface area contributed by atoms with Crippen LogP contribution in [0.3, 0.4) is 0 Å². The fraction of sp³-hybridized carbons (Fsp3) is 0.682. The minimum Gasteiger partial charge on any atom is -0.381 e. The molecule has 2 saturated heterocycles. The number of hydrogen-bond acceptors (Lipinski definition) is 3. The van der Waals surface area contributed by atoms with Crippen LogP contribution in [0.2, 0.25) is 0 Å². The van der Waals surface area contributed by atoms with Gasteiger partial charge >= 0.3 is 0 Å². The Morgan fingerprint density at radius 2 is 1.65 bits per heavy atom. The smallest absolute Gasteiger partial charge is 0.222 e. The zero-order valence-electron chi connectivity index (χ0n) is 16.5. The number of likely N-dealkylation sites (tertiary alicyclic amines) is 1. The first-order valence-electron chi connectivity index (χ1n) is 10.2. The Labute approximate surface area is 158 Å². The lowest BCUT2D eigenvalue weighted by Gasteiger charge is -2.39. The number of hydrogen-bond donors (Lipinski definition) is 0. The lowest BCUT2D eigenvalue weighted by atomic mass is 9.88. The third-order valence-corrected chi connectivity index (χ3v) is 6.03. The predicted octanol–water partition coefficient (Wildman–Crippen LogP) is 3.14. The van der Waals surface area contributed by atoms with Crippen molar-refractivity contribution < 1.29 is 9.53 Å². The highest BCUT2D eigenvalue weighted by molar-refractivity contribution is 5.75. The van der Waals surface area contributed by atoms with Crippen LogP contribution in [0.4, 0.5) is 0 Å². The first kappa shape index (κ1) is 19.4. The van der Waals surface area contributed by atoms with Crippen molar-refractivity contribution in [2.45, 2.75) is 51.0 Å². The largest absolute Gasteiger partial charge is 0.381 e. The quantitative estimate of drug-likeness (QED) is 0.783. The van der Waals surface area contributed by atoms with Crippen LogP contribution in [0, 0.1) is 5.92 Å². The fourth-order valence-electron chi connectivity index (χ4n) is 4.22. The van der Waals surface area contributed by atoms with E-state index >= 15 is 0 Å². The van der Waals surface area contributed by atoms with E-state index in [1.54, 1.807) is 4.90 Å². The van der Waals surface area contributed by atoms with Gasteiger partial charge < -0.3 is 14.5 Å². The molecule has 144 valence electrons. The van der Waals surface area contributed by atoms with Crippen molar-refractivity contribution in [3.63, 3.8) is 0 Å². The number of ether oxygens (including phenoxy) is 1. The molecule has 0 radical (unpaired) electrons. The Bertz CT molecular complexity index is 556. The molecule has 2 aliphatic rings. The van der Waals surface area contributed by atoms with Crippen LogP contribution in [0.1, 0.15) is 43.2 Å². The Morgan fingerprint density at radius 3 is 2.27 bits per heavy atom. The van der Waals surface area contributed by atoms with Gasteiger partial charge in [-0.2, -0.15) is 0 Å². The molecular formula is C22H34N2O2. The van der Waals surface area contributed by atoms with E-state index in [1.807, 2.05) is 14.1 Å². The van der Waals surface area contributed by atoms with Gasteiger partial charge in [-0.15, -0.1) is 0 Å². The summed E-state index contributed by atoms with van der Waals surface area (Å²) in [4.78, 5) is 16.1. The first-order valence-corrected chi connectivity index (χ1v) is 10.2. The van der Waals surface area contributed by atoms with Crippen LogP contribution >= 0.6 is 0 Å². The summed E-state index contributed by atoms with van der Waals surface area (Å²) in [5, 5.41) is 0. The van der Waals surface area contributed by atoms with E-state index in [4.69, 9.17) is 4.74 Å². The second-order valence-electron chi connectivity index (χ2n) is 8.13. The summed E-state index contributed by atoms with van der Waals surface area (Å²) in [6.07, 6.45) is 7.67. The number of rotatable bonds is 6. The van der Waals surface area contributed by atoms with Crippen molar-refractivity contribution in [2.24, 2.45) is 5.92 Å². The van der Waals surface area contributed by atoms with Gasteiger partial charge in [-0.25, -0.2) is 0 Å². The molecule has 1 aromatic carbocycles. The van der Waals surface area contributed by atoms with Crippen LogP contribution < -0.4 is 0 Å². The predicted molar refractivity (Wildman–Crippen MR) is 105 cm³/mol. The molecule has 3 rings (SSSR count). The molecule has 4 nitrogen and oxygen atoms in total. The second kappa shape index (κ2) is 9.52. The fourth-order valence-corrected chi connectivity index (χ4v) is 4.22. The van der Waals surface area contributed by atoms with Gasteiger partial charge in [0.25, 0.3) is 0 Å². The second-order valence-corrected chi connectivity index (χ2v) is 8.13. The Balaban J connectivity index is 1.41. The average molecular weight is 359 g/mol. The van der Waals surface area contributed by atoms with E-state index in [0.29, 0.717) is 6.42 Å². The molecule has 2 fully saturated rings. The Morgan fingerprint density at radius 1 is 1.04 bits per heavy atom. The molecule has 0 N–H and O–H groups in total. The van der Waals surface area contributed by atoms with Crippen molar-refractivity contribution in [3.05, 3.63) is 35.4 Å². The molecule has 4 heteroatoms. The third kappa shape index (κ3) is 5.55. The van der Waals surface area contributed by atoms with Crippen LogP contribution in [0.5, 0.6) is 0 Å². The van der Waals surface area contributed by atoms with Crippen LogP contribution in [-0.2, 0) is 22.4 Å². The molecule has 0 saturated carbocycles. The van der Waals surface area contributed by atoms with Gasteiger partial charge in [-0.1, -0.05) is 24.3 Å². The van der Waals surface area contributed by atoms with Crippen LogP contribution in [0.25, 0.3) is 0 Å². The average Bonchev–Trinajstić information content (AvgIpc) is 2.68. The minimum absolute atomic E-state index is 0.199. The summed E-state index contributed by atoms with van der Waals surface area (Å²) in [5.41, 5.74) is 2.70. The molecule has 26 heavy (non-hydrogen) atoms. The molecule has 2 heterocycles. The molecule has 0 aliphatic carbocycles. The monoisotopic (exact) mass is 358 g/mol. The highest BCUT2D eigenvalue weighted by atomic mass is 16.5. The standard InChI is InChI=1S/C22H34N2O2/c1-23(2)22(25)8-7-18-3-5-19(6-4-18)17-20-9-13-24(14-10-20)21-11-15-26-16-12-21/h3-6,20-21H,7-17H2,1-2H3. The zero-order valence-corrected chi connectivity index (χ0v) is 16.5. The van der Waals surface area contributed by atoms with Crippen molar-refractivity contribution in [2.75, 3.05) is 40.4 Å². The first-order chi connectivity index (χ1) is 12.6. The van der Waals surface area contributed by atoms with Crippen molar-refractivity contribution in [1.82, 2.24) is 9.80 Å². The van der Waals surface area contributed by atoms with E-state index in [0.717, 1.165) is 31.6 Å². The van der Waals surface area contributed by atoms with Gasteiger partial charge in [-0.3, -0.25) is 4.79 Å². The SMILES string of the molecule is CN(C)C(=O)CCc1ccc(CC2CCN(C3CCOCC3)CC2)cc1. The summed E-state index contributed by atoms with van der Waals surface area (Å²) < 4.78 is 5.49. The van der Waals surface area contributed by atoms with Gasteiger partial charge in [0.2, 0.25) is 5.91 Å². The van der Waals surface area contributed by atoms with Crippen molar-refractivity contribution >= 4 is 5.91 Å². The number of aryl methyl sites for hydroxylation is 1. The molecular weight excluding hydrogens is 324 g/mol. The Kier molecular flexibility index (Phi) is 7.09. The molecule has 0 spiro atoms. The summed E-state index contributed by atoms with van der Waals surface area (Å²) in [5.74, 6) is 1.01. The number of nitrogens with zero attached hydrogens (tertiary/aromatic N) is 2. The maximum Gasteiger partial charge on any atom is 0.222 e. The molecule has 0 aromatic heterocycles. The highest BCUT2D eigenvalue weighted by Crippen LogP contribution is 2.25. The number of carbonyl (C=O) groups is 1. The minimum atomic E-state index is 0.199. The topological polar surface area (TPSA) is 32.8 Å². The van der Waals surface area contributed by atoms with E-state index in [-0.39, 0.29) is 5.91 Å². The van der Waals surface area contributed by atoms with Gasteiger partial charge in [0.15, 0.2) is 0 Å². The molecule has 0 atom stereocenters. The van der Waals surface area contributed by atoms with Crippen LogP contribution in [-0.4, -0.2) is 62.1 Å². The molecule has 1 amide bonds. The van der Waals surface area contributed by atoms with Crippen molar-refractivity contribution in [3.8, 4) is 0 Å². The third-order valence-electron chi connectivity index (χ3n) is 6.03. The number of carbonyl (C=O) groups excluding carboxylic acids is 1. The van der Waals surface area contributed by atoms with E-state index in [1.165, 1.54) is 56.3 Å². The summed E-state index contributed by atoms with van der Waals surface area (Å²) >= 11 is 0. The van der Waals surface area contributed by atoms with Crippen LogP contribution in [0.15, 0.2) is 24.3 Å². The number of piperidine rings is 1. The van der Waals surface area contributed by atoms with Crippen molar-refractivity contribution in [1.29, 1.82) is 0 Å². The maximum absolute atomic E-state index is 11.7. The molecule has 1 aromatic rings. The number of amides is 1. The summed E-state index contributed by atoms with van der Waals surface area (Å²) in [6, 6.07) is 9.69. The van der Waals surface area contributed by atoms with E-state index in [2.05, 4.69) is 29.2 Å². The summed E-state index contributed by atoms with van der Waals surface area (Å²) in [6.45, 7) is 4.38. The molecule has 2 aliphatic heterocycles. The van der Waals surface area contributed by atoms with Gasteiger partial charge in [-0.05, 0) is 68.7 Å². The van der Waals surface area contributed by atoms with Gasteiger partial charge in [0, 0.05) is 39.8 Å². The van der Waals surface area contributed by atoms with Gasteiger partial charge in [0.1, 0.15) is 0 Å². The highest BCUT2D eigenvalue weighted by Gasteiger charge is 2.26. The molecule has 0 unspecified atom stereocenters. The molecule has 0 bridgehead atoms. The Hall–Kier alpha value is -1.39. The maximum atomic E-state index is 11.7. The van der Waals surface area contributed by atoms with E-state index in [9.17, 15) is 4.79 Å². The number of benzene rings is 1. The lowest BCUT2D eigenvalue weighted by molar-refractivity contribution is -0.128. The van der Waals surface area contributed by atoms with Gasteiger partial charge in [0.05, 0.1) is 0 Å². The summed E-state index contributed by atoms with van der Waals surface area (Å²) in [7, 11) is 3.64. The van der Waals surface area contributed by atoms with E-state index < -0.39 is 0 Å². The lowest BCUT2D eigenvalue weighted by Crippen LogP contribution is -2.44. The normalized spacial score (nSPS) is 20.2.